The summed E-state index contributed by atoms with van der Waals surface area (Å²) in [4.78, 5) is 21.0. The molecule has 0 unspecified atom stereocenters. The van der Waals surface area contributed by atoms with Gasteiger partial charge in [-0.25, -0.2) is 0 Å². The van der Waals surface area contributed by atoms with Crippen molar-refractivity contribution in [3.63, 3.8) is 0 Å². The normalized spacial score (nSPS) is 15.0. The van der Waals surface area contributed by atoms with Crippen molar-refractivity contribution in [1.82, 2.24) is 14.8 Å². The lowest BCUT2D eigenvalue weighted by molar-refractivity contribution is 0.0628. The minimum absolute atomic E-state index is 0.0823. The fourth-order valence-electron chi connectivity index (χ4n) is 2.89. The van der Waals surface area contributed by atoms with Gasteiger partial charge >= 0.3 is 0 Å². The SMILES string of the molecule is C=CCOc1ccc(C(=O)N2CCN(Cc3ccncc3)CC2)cc1. The summed E-state index contributed by atoms with van der Waals surface area (Å²) < 4.78 is 5.45. The molecule has 0 aliphatic carbocycles. The highest BCUT2D eigenvalue weighted by molar-refractivity contribution is 5.94. The van der Waals surface area contributed by atoms with Gasteiger partial charge in [-0.1, -0.05) is 12.7 Å². The van der Waals surface area contributed by atoms with Crippen LogP contribution in [0.25, 0.3) is 0 Å². The molecular weight excluding hydrogens is 314 g/mol. The summed E-state index contributed by atoms with van der Waals surface area (Å²) in [6, 6.07) is 11.4. The van der Waals surface area contributed by atoms with E-state index in [9.17, 15) is 4.79 Å². The third kappa shape index (κ3) is 4.67. The predicted octanol–water partition coefficient (Wildman–Crippen LogP) is 2.60. The van der Waals surface area contributed by atoms with Crippen LogP contribution in [0.15, 0.2) is 61.4 Å². The molecule has 1 aliphatic heterocycles. The van der Waals surface area contributed by atoms with Gasteiger partial charge in [-0.05, 0) is 42.0 Å². The van der Waals surface area contributed by atoms with Crippen LogP contribution < -0.4 is 4.74 Å². The van der Waals surface area contributed by atoms with Crippen LogP contribution in [0.4, 0.5) is 0 Å². The van der Waals surface area contributed by atoms with E-state index in [1.807, 2.05) is 53.7 Å². The van der Waals surface area contributed by atoms with Crippen LogP contribution in [-0.2, 0) is 6.54 Å². The number of hydrogen-bond acceptors (Lipinski definition) is 4. The van der Waals surface area contributed by atoms with E-state index in [2.05, 4.69) is 16.5 Å². The number of carbonyl (C=O) groups is 1. The van der Waals surface area contributed by atoms with Gasteiger partial charge in [0, 0.05) is 50.7 Å². The minimum atomic E-state index is 0.0823. The van der Waals surface area contributed by atoms with E-state index < -0.39 is 0 Å². The van der Waals surface area contributed by atoms with Crippen LogP contribution in [-0.4, -0.2) is 53.5 Å². The second-order valence-corrected chi connectivity index (χ2v) is 6.05. The summed E-state index contributed by atoms with van der Waals surface area (Å²) >= 11 is 0. The lowest BCUT2D eigenvalue weighted by Crippen LogP contribution is -2.48. The van der Waals surface area contributed by atoms with Crippen molar-refractivity contribution in [2.75, 3.05) is 32.8 Å². The predicted molar refractivity (Wildman–Crippen MR) is 97.6 cm³/mol. The van der Waals surface area contributed by atoms with Gasteiger partial charge in [0.2, 0.25) is 0 Å². The molecule has 0 bridgehead atoms. The smallest absolute Gasteiger partial charge is 0.253 e. The van der Waals surface area contributed by atoms with Crippen molar-refractivity contribution in [2.45, 2.75) is 6.54 Å². The molecule has 5 nitrogen and oxygen atoms in total. The maximum atomic E-state index is 12.6. The van der Waals surface area contributed by atoms with E-state index in [1.165, 1.54) is 5.56 Å². The van der Waals surface area contributed by atoms with Gasteiger partial charge in [-0.3, -0.25) is 14.7 Å². The Labute approximate surface area is 148 Å². The third-order valence-electron chi connectivity index (χ3n) is 4.28. The molecule has 1 fully saturated rings. The Balaban J connectivity index is 1.51. The van der Waals surface area contributed by atoms with Gasteiger partial charge in [0.05, 0.1) is 0 Å². The Morgan fingerprint density at radius 2 is 1.76 bits per heavy atom. The average molecular weight is 337 g/mol. The highest BCUT2D eigenvalue weighted by Crippen LogP contribution is 2.15. The van der Waals surface area contributed by atoms with Gasteiger partial charge in [-0.2, -0.15) is 0 Å². The highest BCUT2D eigenvalue weighted by atomic mass is 16.5. The highest BCUT2D eigenvalue weighted by Gasteiger charge is 2.22. The zero-order valence-electron chi connectivity index (χ0n) is 14.3. The second-order valence-electron chi connectivity index (χ2n) is 6.05. The Bertz CT molecular complexity index is 693. The molecule has 3 rings (SSSR count). The average Bonchev–Trinajstić information content (AvgIpc) is 2.68. The van der Waals surface area contributed by atoms with Crippen molar-refractivity contribution >= 4 is 5.91 Å². The van der Waals surface area contributed by atoms with E-state index in [1.54, 1.807) is 6.08 Å². The number of carbonyl (C=O) groups excluding carboxylic acids is 1. The molecule has 1 saturated heterocycles. The van der Waals surface area contributed by atoms with Crippen molar-refractivity contribution in [3.8, 4) is 5.75 Å². The summed E-state index contributed by atoms with van der Waals surface area (Å²) in [6.07, 6.45) is 5.33. The lowest BCUT2D eigenvalue weighted by atomic mass is 10.1. The largest absolute Gasteiger partial charge is 0.490 e. The molecule has 0 spiro atoms. The van der Waals surface area contributed by atoms with Crippen LogP contribution >= 0.6 is 0 Å². The molecular formula is C20H23N3O2. The summed E-state index contributed by atoms with van der Waals surface area (Å²) in [5.74, 6) is 0.831. The van der Waals surface area contributed by atoms with Gasteiger partial charge in [-0.15, -0.1) is 0 Å². The molecule has 5 heteroatoms. The standard InChI is InChI=1S/C20H23N3O2/c1-2-15-25-19-5-3-18(4-6-19)20(24)23-13-11-22(12-14-23)16-17-7-9-21-10-8-17/h2-10H,1,11-16H2. The molecule has 25 heavy (non-hydrogen) atoms. The number of ether oxygens (including phenoxy) is 1. The number of benzene rings is 1. The van der Waals surface area contributed by atoms with E-state index >= 15 is 0 Å². The molecule has 1 aromatic heterocycles. The number of rotatable bonds is 6. The van der Waals surface area contributed by atoms with Crippen LogP contribution in [0.5, 0.6) is 5.75 Å². The second kappa shape index (κ2) is 8.44. The Morgan fingerprint density at radius 3 is 2.40 bits per heavy atom. The maximum Gasteiger partial charge on any atom is 0.253 e. The van der Waals surface area contributed by atoms with Gasteiger partial charge in [0.1, 0.15) is 12.4 Å². The molecule has 2 heterocycles. The molecule has 0 atom stereocenters. The van der Waals surface area contributed by atoms with Crippen molar-refractivity contribution in [2.24, 2.45) is 0 Å². The van der Waals surface area contributed by atoms with Crippen molar-refractivity contribution in [1.29, 1.82) is 0 Å². The van der Waals surface area contributed by atoms with Gasteiger partial charge in [0.15, 0.2) is 0 Å². The fraction of sp³-hybridized carbons (Fsp3) is 0.300. The first-order valence-corrected chi connectivity index (χ1v) is 8.50. The van der Waals surface area contributed by atoms with E-state index in [0.717, 1.165) is 38.5 Å². The van der Waals surface area contributed by atoms with Crippen LogP contribution in [0.1, 0.15) is 15.9 Å². The first-order valence-electron chi connectivity index (χ1n) is 8.50. The van der Waals surface area contributed by atoms with Crippen molar-refractivity contribution < 1.29 is 9.53 Å². The van der Waals surface area contributed by atoms with Gasteiger partial charge in [0.25, 0.3) is 5.91 Å². The van der Waals surface area contributed by atoms with E-state index in [0.29, 0.717) is 12.2 Å². The van der Waals surface area contributed by atoms with E-state index in [4.69, 9.17) is 4.74 Å². The molecule has 1 aliphatic rings. The Morgan fingerprint density at radius 1 is 1.08 bits per heavy atom. The van der Waals surface area contributed by atoms with Crippen LogP contribution in [0.2, 0.25) is 0 Å². The monoisotopic (exact) mass is 337 g/mol. The lowest BCUT2D eigenvalue weighted by Gasteiger charge is -2.34. The number of pyridine rings is 1. The summed E-state index contributed by atoms with van der Waals surface area (Å²) in [5.41, 5.74) is 1.96. The first kappa shape index (κ1) is 17.2. The molecule has 2 aromatic rings. The topological polar surface area (TPSA) is 45.7 Å². The van der Waals surface area contributed by atoms with E-state index in [-0.39, 0.29) is 5.91 Å². The van der Waals surface area contributed by atoms with Crippen LogP contribution in [0.3, 0.4) is 0 Å². The molecule has 130 valence electrons. The number of piperazine rings is 1. The Hall–Kier alpha value is -2.66. The quantitative estimate of drug-likeness (QED) is 0.760. The number of nitrogens with zero attached hydrogens (tertiary/aromatic N) is 3. The molecule has 0 radical (unpaired) electrons. The zero-order valence-corrected chi connectivity index (χ0v) is 14.3. The summed E-state index contributed by atoms with van der Waals surface area (Å²) in [5, 5.41) is 0. The summed E-state index contributed by atoms with van der Waals surface area (Å²) in [6.45, 7) is 8.25. The third-order valence-corrected chi connectivity index (χ3v) is 4.28. The Kier molecular flexibility index (Phi) is 5.80. The number of aromatic nitrogens is 1. The maximum absolute atomic E-state index is 12.6. The van der Waals surface area contributed by atoms with Crippen molar-refractivity contribution in [3.05, 3.63) is 72.6 Å². The van der Waals surface area contributed by atoms with Gasteiger partial charge < -0.3 is 9.64 Å². The number of hydrogen-bond donors (Lipinski definition) is 0. The first-order chi connectivity index (χ1) is 12.3. The molecule has 0 saturated carbocycles. The molecule has 1 amide bonds. The minimum Gasteiger partial charge on any atom is -0.490 e. The molecule has 0 N–H and O–H groups in total. The summed E-state index contributed by atoms with van der Waals surface area (Å²) in [7, 11) is 0. The molecule has 1 aromatic carbocycles. The van der Waals surface area contributed by atoms with Crippen LogP contribution in [0, 0.1) is 0 Å². The number of amides is 1. The zero-order chi connectivity index (χ0) is 17.5. The fourth-order valence-corrected chi connectivity index (χ4v) is 2.89.